The van der Waals surface area contributed by atoms with Gasteiger partial charge in [-0.1, -0.05) is 0 Å². The van der Waals surface area contributed by atoms with Crippen LogP contribution in [-0.4, -0.2) is 37.5 Å². The maximum absolute atomic E-state index is 10.8. The molecule has 0 saturated carbocycles. The molecule has 0 bridgehead atoms. The van der Waals surface area contributed by atoms with E-state index in [0.717, 1.165) is 19.4 Å². The van der Waals surface area contributed by atoms with Crippen LogP contribution in [0.15, 0.2) is 0 Å². The van der Waals surface area contributed by atoms with Gasteiger partial charge in [-0.2, -0.15) is 0 Å². The molecule has 1 rings (SSSR count). The maximum Gasteiger partial charge on any atom is 0.305 e. The van der Waals surface area contributed by atoms with Crippen LogP contribution >= 0.6 is 0 Å². The van der Waals surface area contributed by atoms with Crippen molar-refractivity contribution in [3.63, 3.8) is 0 Å². The summed E-state index contributed by atoms with van der Waals surface area (Å²) >= 11 is 0. The summed E-state index contributed by atoms with van der Waals surface area (Å²) in [6.45, 7) is 1.46. The summed E-state index contributed by atoms with van der Waals surface area (Å²) in [7, 11) is 1.38. The molecule has 0 spiro atoms. The number of rotatable bonds is 3. The average Bonchev–Trinajstić information content (AvgIpc) is 2.52. The second kappa shape index (κ2) is 4.09. The minimum Gasteiger partial charge on any atom is -0.469 e. The minimum absolute atomic E-state index is 0.187. The second-order valence-corrected chi connectivity index (χ2v) is 3.04. The number of carbonyl (C=O) groups is 2. The van der Waals surface area contributed by atoms with Crippen molar-refractivity contribution in [1.82, 2.24) is 4.90 Å². The first-order valence-electron chi connectivity index (χ1n) is 4.02. The third-order valence-corrected chi connectivity index (χ3v) is 2.15. The van der Waals surface area contributed by atoms with Gasteiger partial charge in [0.15, 0.2) is 0 Å². The third-order valence-electron chi connectivity index (χ3n) is 2.15. The zero-order valence-corrected chi connectivity index (χ0v) is 7.16. The number of hydrogen-bond acceptors (Lipinski definition) is 3. The van der Waals surface area contributed by atoms with Gasteiger partial charge in [0.1, 0.15) is 0 Å². The van der Waals surface area contributed by atoms with E-state index >= 15 is 0 Å². The van der Waals surface area contributed by atoms with E-state index in [4.69, 9.17) is 0 Å². The highest BCUT2D eigenvalue weighted by Crippen LogP contribution is 2.18. The molecule has 0 radical (unpaired) electrons. The normalized spacial score (nSPS) is 22.4. The van der Waals surface area contributed by atoms with Gasteiger partial charge in [0.05, 0.1) is 13.5 Å². The molecule has 1 atom stereocenters. The van der Waals surface area contributed by atoms with Gasteiger partial charge in [0.25, 0.3) is 0 Å². The van der Waals surface area contributed by atoms with Crippen LogP contribution in [0.2, 0.25) is 0 Å². The Morgan fingerprint density at radius 1 is 1.75 bits per heavy atom. The third kappa shape index (κ3) is 2.22. The predicted octanol–water partition coefficient (Wildman–Crippen LogP) is 0.0278. The zero-order chi connectivity index (χ0) is 8.97. The van der Waals surface area contributed by atoms with Gasteiger partial charge in [-0.05, 0) is 12.3 Å². The Balaban J connectivity index is 2.27. The van der Waals surface area contributed by atoms with Crippen LogP contribution in [0.3, 0.4) is 0 Å². The maximum atomic E-state index is 10.8. The Morgan fingerprint density at radius 2 is 2.50 bits per heavy atom. The fourth-order valence-corrected chi connectivity index (χ4v) is 1.44. The standard InChI is InChI=1S/C8H13NO3/c1-12-8(11)4-7-2-3-9(5-7)6-10/h6-7H,2-5H2,1H3. The average molecular weight is 171 g/mol. The number of methoxy groups -OCH3 is 1. The van der Waals surface area contributed by atoms with Crippen molar-refractivity contribution < 1.29 is 14.3 Å². The summed E-state index contributed by atoms with van der Waals surface area (Å²) in [5, 5.41) is 0. The number of hydrogen-bond donors (Lipinski definition) is 0. The number of ether oxygens (including phenoxy) is 1. The molecule has 4 heteroatoms. The van der Waals surface area contributed by atoms with Gasteiger partial charge in [0, 0.05) is 13.1 Å². The molecule has 12 heavy (non-hydrogen) atoms. The quantitative estimate of drug-likeness (QED) is 0.444. The molecule has 1 amide bonds. The van der Waals surface area contributed by atoms with Gasteiger partial charge < -0.3 is 9.64 Å². The summed E-state index contributed by atoms with van der Waals surface area (Å²) in [6.07, 6.45) is 2.17. The number of carbonyl (C=O) groups excluding carboxylic acids is 2. The molecule has 1 unspecified atom stereocenters. The van der Waals surface area contributed by atoms with Gasteiger partial charge in [0.2, 0.25) is 6.41 Å². The van der Waals surface area contributed by atoms with E-state index in [0.29, 0.717) is 18.9 Å². The topological polar surface area (TPSA) is 46.6 Å². The van der Waals surface area contributed by atoms with Gasteiger partial charge in [-0.3, -0.25) is 9.59 Å². The van der Waals surface area contributed by atoms with Crippen LogP contribution in [0.5, 0.6) is 0 Å². The monoisotopic (exact) mass is 171 g/mol. The summed E-state index contributed by atoms with van der Waals surface area (Å²) < 4.78 is 4.54. The van der Waals surface area contributed by atoms with Crippen LogP contribution in [0.4, 0.5) is 0 Å². The van der Waals surface area contributed by atoms with Crippen LogP contribution in [0.1, 0.15) is 12.8 Å². The molecule has 1 fully saturated rings. The van der Waals surface area contributed by atoms with E-state index in [2.05, 4.69) is 4.74 Å². The van der Waals surface area contributed by atoms with E-state index in [9.17, 15) is 9.59 Å². The largest absolute Gasteiger partial charge is 0.469 e. The Labute approximate surface area is 71.5 Å². The van der Waals surface area contributed by atoms with Crippen molar-refractivity contribution in [2.45, 2.75) is 12.8 Å². The van der Waals surface area contributed by atoms with Crippen LogP contribution < -0.4 is 0 Å². The van der Waals surface area contributed by atoms with E-state index in [1.807, 2.05) is 0 Å². The lowest BCUT2D eigenvalue weighted by Gasteiger charge is -2.08. The molecular formula is C8H13NO3. The molecule has 0 aromatic rings. The van der Waals surface area contributed by atoms with Crippen molar-refractivity contribution in [1.29, 1.82) is 0 Å². The molecule has 0 aromatic heterocycles. The summed E-state index contributed by atoms with van der Waals surface area (Å²) in [6, 6.07) is 0. The van der Waals surface area contributed by atoms with Crippen LogP contribution in [0, 0.1) is 5.92 Å². The molecule has 0 aliphatic carbocycles. The fourth-order valence-electron chi connectivity index (χ4n) is 1.44. The molecular weight excluding hydrogens is 158 g/mol. The molecule has 0 aromatic carbocycles. The number of amides is 1. The highest BCUT2D eigenvalue weighted by molar-refractivity contribution is 5.69. The van der Waals surface area contributed by atoms with Gasteiger partial charge in [-0.25, -0.2) is 0 Å². The molecule has 4 nitrogen and oxygen atoms in total. The lowest BCUT2D eigenvalue weighted by molar-refractivity contribution is -0.141. The second-order valence-electron chi connectivity index (χ2n) is 3.04. The minimum atomic E-state index is -0.187. The van der Waals surface area contributed by atoms with Gasteiger partial charge in [-0.15, -0.1) is 0 Å². The van der Waals surface area contributed by atoms with Crippen molar-refractivity contribution in [2.24, 2.45) is 5.92 Å². The summed E-state index contributed by atoms with van der Waals surface area (Å²) in [4.78, 5) is 22.8. The van der Waals surface area contributed by atoms with E-state index in [-0.39, 0.29) is 5.97 Å². The Bertz CT molecular complexity index is 181. The number of likely N-dealkylation sites (tertiary alicyclic amines) is 1. The Hall–Kier alpha value is -1.06. The fraction of sp³-hybridized carbons (Fsp3) is 0.750. The lowest BCUT2D eigenvalue weighted by Crippen LogP contribution is -2.19. The van der Waals surface area contributed by atoms with E-state index in [1.165, 1.54) is 7.11 Å². The first-order valence-corrected chi connectivity index (χ1v) is 4.02. The molecule has 1 heterocycles. The van der Waals surface area contributed by atoms with E-state index in [1.54, 1.807) is 4.90 Å². The summed E-state index contributed by atoms with van der Waals surface area (Å²) in [5.41, 5.74) is 0. The first-order chi connectivity index (χ1) is 5.76. The molecule has 1 saturated heterocycles. The van der Waals surface area contributed by atoms with Crippen LogP contribution in [-0.2, 0) is 14.3 Å². The molecule has 68 valence electrons. The molecule has 1 aliphatic heterocycles. The molecule has 1 aliphatic rings. The molecule has 0 N–H and O–H groups in total. The number of esters is 1. The van der Waals surface area contributed by atoms with Crippen molar-refractivity contribution >= 4 is 12.4 Å². The predicted molar refractivity (Wildman–Crippen MR) is 42.4 cm³/mol. The zero-order valence-electron chi connectivity index (χ0n) is 7.16. The van der Waals surface area contributed by atoms with Gasteiger partial charge >= 0.3 is 5.97 Å². The lowest BCUT2D eigenvalue weighted by atomic mass is 10.1. The highest BCUT2D eigenvalue weighted by Gasteiger charge is 2.23. The van der Waals surface area contributed by atoms with E-state index < -0.39 is 0 Å². The highest BCUT2D eigenvalue weighted by atomic mass is 16.5. The Kier molecular flexibility index (Phi) is 3.08. The number of nitrogens with zero attached hydrogens (tertiary/aromatic N) is 1. The van der Waals surface area contributed by atoms with Crippen molar-refractivity contribution in [2.75, 3.05) is 20.2 Å². The summed E-state index contributed by atoms with van der Waals surface area (Å²) in [5.74, 6) is 0.107. The van der Waals surface area contributed by atoms with Crippen molar-refractivity contribution in [3.05, 3.63) is 0 Å². The Morgan fingerprint density at radius 3 is 3.00 bits per heavy atom. The van der Waals surface area contributed by atoms with Crippen molar-refractivity contribution in [3.8, 4) is 0 Å². The van der Waals surface area contributed by atoms with Crippen LogP contribution in [0.25, 0.3) is 0 Å². The SMILES string of the molecule is COC(=O)CC1CCN(C=O)C1. The smallest absolute Gasteiger partial charge is 0.305 e. The first kappa shape index (κ1) is 9.03.